The number of aromatic nitrogens is 2. The van der Waals surface area contributed by atoms with Gasteiger partial charge in [-0.3, -0.25) is 5.10 Å². The molecule has 1 aliphatic rings. The number of rotatable bonds is 8. The van der Waals surface area contributed by atoms with E-state index in [0.717, 1.165) is 48.0 Å². The zero-order valence-corrected chi connectivity index (χ0v) is 15.3. The molecular weight excluding hydrogens is 342 g/mol. The number of aromatic amines is 1. The van der Waals surface area contributed by atoms with Gasteiger partial charge in [-0.25, -0.2) is 0 Å². The van der Waals surface area contributed by atoms with Crippen molar-refractivity contribution in [2.45, 2.75) is 26.6 Å². The van der Waals surface area contributed by atoms with Gasteiger partial charge in [0.25, 0.3) is 0 Å². The topological polar surface area (TPSA) is 68.4 Å². The van der Waals surface area contributed by atoms with Gasteiger partial charge in [0.05, 0.1) is 18.5 Å². The van der Waals surface area contributed by atoms with Gasteiger partial charge in [-0.15, -0.1) is 0 Å². The van der Waals surface area contributed by atoms with E-state index in [1.165, 1.54) is 11.1 Å². The summed E-state index contributed by atoms with van der Waals surface area (Å²) < 4.78 is 16.3. The smallest absolute Gasteiger partial charge is 0.231 e. The van der Waals surface area contributed by atoms with Crippen LogP contribution >= 0.6 is 0 Å². The number of nitrogens with one attached hydrogen (secondary N) is 2. The number of H-pyrrole nitrogens is 1. The first-order valence-electron chi connectivity index (χ1n) is 9.12. The molecule has 0 bridgehead atoms. The van der Waals surface area contributed by atoms with Crippen molar-refractivity contribution in [1.82, 2.24) is 15.5 Å². The highest BCUT2D eigenvalue weighted by atomic mass is 16.7. The van der Waals surface area contributed by atoms with Crippen molar-refractivity contribution >= 4 is 0 Å². The minimum absolute atomic E-state index is 0.277. The highest BCUT2D eigenvalue weighted by molar-refractivity contribution is 5.66. The molecule has 6 nitrogen and oxygen atoms in total. The van der Waals surface area contributed by atoms with E-state index in [9.17, 15) is 0 Å². The Labute approximate surface area is 158 Å². The van der Waals surface area contributed by atoms with Gasteiger partial charge in [0.2, 0.25) is 6.79 Å². The van der Waals surface area contributed by atoms with Crippen molar-refractivity contribution in [3.63, 3.8) is 0 Å². The quantitative estimate of drug-likeness (QED) is 0.638. The van der Waals surface area contributed by atoms with Gasteiger partial charge in [-0.05, 0) is 36.2 Å². The molecule has 2 N–H and O–H groups in total. The van der Waals surface area contributed by atoms with Crippen molar-refractivity contribution in [1.29, 1.82) is 0 Å². The lowest BCUT2D eigenvalue weighted by molar-refractivity contribution is 0.134. The fourth-order valence-electron chi connectivity index (χ4n) is 3.06. The summed E-state index contributed by atoms with van der Waals surface area (Å²) in [4.78, 5) is 0. The summed E-state index contributed by atoms with van der Waals surface area (Å²) >= 11 is 0. The first-order chi connectivity index (χ1) is 13.3. The average Bonchev–Trinajstić information content (AvgIpc) is 3.36. The van der Waals surface area contributed by atoms with E-state index in [1.54, 1.807) is 0 Å². The third kappa shape index (κ3) is 4.13. The average molecular weight is 365 g/mol. The van der Waals surface area contributed by atoms with Crippen LogP contribution in [0.3, 0.4) is 0 Å². The first-order valence-corrected chi connectivity index (χ1v) is 9.12. The standard InChI is InChI=1S/C21H23N3O3/c1-2-25-13-16-5-3-15(4-6-16)10-22-11-18-12-23-24-21(18)17-7-8-19-20(9-17)27-14-26-19/h3-9,12,22H,2,10-11,13-14H2,1H3,(H,23,24). The second kappa shape index (κ2) is 8.24. The van der Waals surface area contributed by atoms with Gasteiger partial charge in [-0.1, -0.05) is 24.3 Å². The van der Waals surface area contributed by atoms with Crippen molar-refractivity contribution in [3.05, 3.63) is 65.4 Å². The van der Waals surface area contributed by atoms with Crippen LogP contribution < -0.4 is 14.8 Å². The normalized spacial score (nSPS) is 12.5. The number of hydrogen-bond acceptors (Lipinski definition) is 5. The van der Waals surface area contributed by atoms with Crippen LogP contribution in [0.15, 0.2) is 48.7 Å². The Morgan fingerprint density at radius 3 is 2.70 bits per heavy atom. The lowest BCUT2D eigenvalue weighted by Gasteiger charge is -2.08. The fraction of sp³-hybridized carbons (Fsp3) is 0.286. The van der Waals surface area contributed by atoms with E-state index >= 15 is 0 Å². The predicted octanol–water partition coefficient (Wildman–Crippen LogP) is 3.63. The lowest BCUT2D eigenvalue weighted by atomic mass is 10.1. The maximum absolute atomic E-state index is 5.47. The Morgan fingerprint density at radius 2 is 1.85 bits per heavy atom. The predicted molar refractivity (Wildman–Crippen MR) is 102 cm³/mol. The molecule has 2 heterocycles. The number of fused-ring (bicyclic) bond motifs is 1. The zero-order valence-electron chi connectivity index (χ0n) is 15.3. The molecule has 140 valence electrons. The maximum Gasteiger partial charge on any atom is 0.231 e. The molecule has 0 radical (unpaired) electrons. The van der Waals surface area contributed by atoms with E-state index < -0.39 is 0 Å². The van der Waals surface area contributed by atoms with Crippen LogP contribution in [0.25, 0.3) is 11.3 Å². The minimum atomic E-state index is 0.277. The van der Waals surface area contributed by atoms with Gasteiger partial charge in [0.1, 0.15) is 0 Å². The van der Waals surface area contributed by atoms with Crippen LogP contribution in [-0.2, 0) is 24.4 Å². The van der Waals surface area contributed by atoms with Crippen LogP contribution in [0.1, 0.15) is 23.6 Å². The highest BCUT2D eigenvalue weighted by Gasteiger charge is 2.16. The van der Waals surface area contributed by atoms with Crippen LogP contribution in [0, 0.1) is 0 Å². The summed E-state index contributed by atoms with van der Waals surface area (Å²) in [5.41, 5.74) is 5.58. The lowest BCUT2D eigenvalue weighted by Crippen LogP contribution is -2.12. The van der Waals surface area contributed by atoms with Crippen molar-refractivity contribution in [2.24, 2.45) is 0 Å². The molecule has 0 fully saturated rings. The fourth-order valence-corrected chi connectivity index (χ4v) is 3.06. The summed E-state index contributed by atoms with van der Waals surface area (Å²) in [6, 6.07) is 14.4. The summed E-state index contributed by atoms with van der Waals surface area (Å²) in [6.07, 6.45) is 1.86. The molecule has 0 aliphatic carbocycles. The van der Waals surface area contributed by atoms with E-state index in [2.05, 4.69) is 39.8 Å². The minimum Gasteiger partial charge on any atom is -0.454 e. The molecule has 0 saturated heterocycles. The molecule has 0 saturated carbocycles. The number of nitrogens with zero attached hydrogens (tertiary/aromatic N) is 1. The van der Waals surface area contributed by atoms with E-state index in [4.69, 9.17) is 14.2 Å². The van der Waals surface area contributed by atoms with Gasteiger partial charge in [-0.2, -0.15) is 5.10 Å². The molecule has 1 aliphatic heterocycles. The number of ether oxygens (including phenoxy) is 3. The zero-order chi connectivity index (χ0) is 18.5. The molecule has 0 amide bonds. The van der Waals surface area contributed by atoms with Gasteiger partial charge < -0.3 is 19.5 Å². The molecule has 27 heavy (non-hydrogen) atoms. The van der Waals surface area contributed by atoms with Crippen LogP contribution in [0.2, 0.25) is 0 Å². The molecule has 6 heteroatoms. The Kier molecular flexibility index (Phi) is 5.37. The monoisotopic (exact) mass is 365 g/mol. The third-order valence-corrected chi connectivity index (χ3v) is 4.52. The molecule has 0 spiro atoms. The van der Waals surface area contributed by atoms with E-state index in [-0.39, 0.29) is 6.79 Å². The van der Waals surface area contributed by atoms with Gasteiger partial charge in [0.15, 0.2) is 11.5 Å². The Hall–Kier alpha value is -2.83. The summed E-state index contributed by atoms with van der Waals surface area (Å²) in [6.45, 7) is 5.20. The summed E-state index contributed by atoms with van der Waals surface area (Å²) in [5, 5.41) is 10.8. The molecule has 4 rings (SSSR count). The van der Waals surface area contributed by atoms with Crippen molar-refractivity contribution < 1.29 is 14.2 Å². The second-order valence-electron chi connectivity index (χ2n) is 6.40. The second-order valence-corrected chi connectivity index (χ2v) is 6.40. The van der Waals surface area contributed by atoms with Crippen molar-refractivity contribution in [2.75, 3.05) is 13.4 Å². The molecule has 3 aromatic rings. The largest absolute Gasteiger partial charge is 0.454 e. The molecular formula is C21H23N3O3. The van der Waals surface area contributed by atoms with E-state index in [0.29, 0.717) is 6.61 Å². The molecule has 0 unspecified atom stereocenters. The Morgan fingerprint density at radius 1 is 1.04 bits per heavy atom. The number of benzene rings is 2. The van der Waals surface area contributed by atoms with Gasteiger partial charge in [0, 0.05) is 30.8 Å². The number of hydrogen-bond donors (Lipinski definition) is 2. The van der Waals surface area contributed by atoms with Crippen LogP contribution in [-0.4, -0.2) is 23.6 Å². The van der Waals surface area contributed by atoms with E-state index in [1.807, 2.05) is 31.3 Å². The third-order valence-electron chi connectivity index (χ3n) is 4.52. The van der Waals surface area contributed by atoms with Crippen LogP contribution in [0.5, 0.6) is 11.5 Å². The van der Waals surface area contributed by atoms with Crippen molar-refractivity contribution in [3.8, 4) is 22.8 Å². The van der Waals surface area contributed by atoms with Gasteiger partial charge >= 0.3 is 0 Å². The maximum atomic E-state index is 5.47. The summed E-state index contributed by atoms with van der Waals surface area (Å²) in [5.74, 6) is 1.55. The molecule has 2 aromatic carbocycles. The summed E-state index contributed by atoms with van der Waals surface area (Å²) in [7, 11) is 0. The molecule has 0 atom stereocenters. The van der Waals surface area contributed by atoms with Crippen LogP contribution in [0.4, 0.5) is 0 Å². The Balaban J connectivity index is 1.36. The highest BCUT2D eigenvalue weighted by Crippen LogP contribution is 2.36. The first kappa shape index (κ1) is 17.6. The SMILES string of the molecule is CCOCc1ccc(CNCc2cn[nH]c2-c2ccc3c(c2)OCO3)cc1. The Bertz CT molecular complexity index is 890. The molecule has 1 aromatic heterocycles.